The van der Waals surface area contributed by atoms with Gasteiger partial charge in [-0.3, -0.25) is 18.9 Å². The predicted octanol–water partition coefficient (Wildman–Crippen LogP) is 8.09. The third-order valence-electron chi connectivity index (χ3n) is 7.13. The summed E-state index contributed by atoms with van der Waals surface area (Å²) >= 11 is 11.4. The Bertz CT molecular complexity index is 1970. The molecular formula is C31H25Cl2F6N4O6P. The van der Waals surface area contributed by atoms with E-state index in [1.54, 1.807) is 6.08 Å². The van der Waals surface area contributed by atoms with E-state index >= 15 is 0 Å². The molecule has 266 valence electrons. The molecule has 0 aliphatic heterocycles. The van der Waals surface area contributed by atoms with E-state index in [1.807, 2.05) is 0 Å². The Morgan fingerprint density at radius 1 is 0.760 bits per heavy atom. The molecular weight excluding hydrogens is 740 g/mol. The van der Waals surface area contributed by atoms with Crippen LogP contribution in [0.3, 0.4) is 0 Å². The topological polar surface area (TPSA) is 144 Å². The van der Waals surface area contributed by atoms with E-state index in [2.05, 4.69) is 10.2 Å². The van der Waals surface area contributed by atoms with Gasteiger partial charge in [0.05, 0.1) is 34.9 Å². The normalized spacial score (nSPS) is 14.0. The lowest BCUT2D eigenvalue weighted by Gasteiger charge is -2.13. The number of allylic oxidation sites excluding steroid dienone is 2. The van der Waals surface area contributed by atoms with Crippen LogP contribution >= 0.6 is 30.8 Å². The Balaban J connectivity index is 0.000000228. The maximum Gasteiger partial charge on any atom is 0.434 e. The van der Waals surface area contributed by atoms with Crippen LogP contribution in [0.4, 0.5) is 26.3 Å². The highest BCUT2D eigenvalue weighted by atomic mass is 35.5. The van der Waals surface area contributed by atoms with Crippen molar-refractivity contribution in [2.45, 2.75) is 44.5 Å². The first-order valence-corrected chi connectivity index (χ1v) is 17.0. The summed E-state index contributed by atoms with van der Waals surface area (Å²) in [5, 5.41) is 7.94. The van der Waals surface area contributed by atoms with Crippen molar-refractivity contribution >= 4 is 48.1 Å². The SMILES string of the molecule is O=C(CP(=O)(O)O)c1cnn(-c2ccc(Cl)cc2)c1C(F)(F)F.O=C1CCCCC=C1CC(=O)c1cnn(-c2ccc(Cl)cc2)c1C(F)(F)F. The smallest absolute Gasteiger partial charge is 0.324 e. The van der Waals surface area contributed by atoms with Gasteiger partial charge in [-0.2, -0.15) is 36.5 Å². The van der Waals surface area contributed by atoms with Crippen molar-refractivity contribution in [3.8, 4) is 11.4 Å². The molecule has 0 saturated heterocycles. The molecule has 2 aromatic heterocycles. The monoisotopic (exact) mass is 764 g/mol. The number of carbonyl (C=O) groups excluding carboxylic acids is 3. The number of halogens is 8. The molecule has 0 saturated carbocycles. The maximum atomic E-state index is 13.7. The zero-order valence-electron chi connectivity index (χ0n) is 25.4. The highest BCUT2D eigenvalue weighted by molar-refractivity contribution is 7.52. The number of carbonyl (C=O) groups is 3. The minimum atomic E-state index is -4.95. The zero-order chi connectivity index (χ0) is 37.0. The second kappa shape index (κ2) is 15.4. The van der Waals surface area contributed by atoms with Gasteiger partial charge in [-0.15, -0.1) is 0 Å². The Morgan fingerprint density at radius 2 is 1.20 bits per heavy atom. The van der Waals surface area contributed by atoms with Crippen LogP contribution in [0.5, 0.6) is 0 Å². The van der Waals surface area contributed by atoms with Crippen molar-refractivity contribution in [1.82, 2.24) is 19.6 Å². The van der Waals surface area contributed by atoms with Gasteiger partial charge in [-0.25, -0.2) is 9.36 Å². The summed E-state index contributed by atoms with van der Waals surface area (Å²) in [4.78, 5) is 53.9. The molecule has 50 heavy (non-hydrogen) atoms. The Labute approximate surface area is 289 Å². The van der Waals surface area contributed by atoms with Crippen molar-refractivity contribution in [2.24, 2.45) is 0 Å². The van der Waals surface area contributed by atoms with Crippen LogP contribution in [0.1, 0.15) is 64.2 Å². The minimum Gasteiger partial charge on any atom is -0.324 e. The summed E-state index contributed by atoms with van der Waals surface area (Å²) in [6.07, 6.45) is -5.72. The fourth-order valence-corrected chi connectivity index (χ4v) is 5.69. The number of ketones is 3. The summed E-state index contributed by atoms with van der Waals surface area (Å²) in [5.74, 6) is -2.30. The van der Waals surface area contributed by atoms with E-state index < -0.39 is 60.2 Å². The first kappa shape index (κ1) is 38.7. The molecule has 0 atom stereocenters. The van der Waals surface area contributed by atoms with E-state index in [1.165, 1.54) is 48.5 Å². The third kappa shape index (κ3) is 9.79. The molecule has 0 fully saturated rings. The largest absolute Gasteiger partial charge is 0.434 e. The van der Waals surface area contributed by atoms with Gasteiger partial charge in [0.1, 0.15) is 6.16 Å². The number of alkyl halides is 6. The van der Waals surface area contributed by atoms with E-state index in [-0.39, 0.29) is 29.2 Å². The molecule has 2 N–H and O–H groups in total. The van der Waals surface area contributed by atoms with Gasteiger partial charge in [-0.1, -0.05) is 29.3 Å². The molecule has 10 nitrogen and oxygen atoms in total. The lowest BCUT2D eigenvalue weighted by Crippen LogP contribution is -2.18. The first-order chi connectivity index (χ1) is 23.3. The fraction of sp³-hybridized carbons (Fsp3) is 0.258. The average molecular weight is 765 g/mol. The van der Waals surface area contributed by atoms with Gasteiger partial charge in [0.15, 0.2) is 28.7 Å². The van der Waals surface area contributed by atoms with Gasteiger partial charge in [0.2, 0.25) is 0 Å². The molecule has 0 unspecified atom stereocenters. The molecule has 2 heterocycles. The quantitative estimate of drug-likeness (QED) is 0.104. The van der Waals surface area contributed by atoms with Gasteiger partial charge >= 0.3 is 19.9 Å². The molecule has 0 spiro atoms. The number of nitrogens with zero attached hydrogens (tertiary/aromatic N) is 4. The number of aromatic nitrogens is 4. The lowest BCUT2D eigenvalue weighted by atomic mass is 9.99. The summed E-state index contributed by atoms with van der Waals surface area (Å²) in [6, 6.07) is 10.9. The second-order valence-electron chi connectivity index (χ2n) is 10.8. The van der Waals surface area contributed by atoms with Crippen LogP contribution < -0.4 is 0 Å². The fourth-order valence-electron chi connectivity index (χ4n) is 4.90. The molecule has 1 aliphatic carbocycles. The number of rotatable bonds is 8. The molecule has 4 aromatic rings. The number of Topliss-reactive ketones (excluding diaryl/α,β-unsaturated/α-hetero) is 3. The van der Waals surface area contributed by atoms with Crippen molar-refractivity contribution < 1.29 is 55.1 Å². The highest BCUT2D eigenvalue weighted by Gasteiger charge is 2.42. The first-order valence-electron chi connectivity index (χ1n) is 14.4. The molecule has 5 rings (SSSR count). The predicted molar refractivity (Wildman–Crippen MR) is 169 cm³/mol. The highest BCUT2D eigenvalue weighted by Crippen LogP contribution is 2.39. The van der Waals surface area contributed by atoms with Crippen molar-refractivity contribution in [2.75, 3.05) is 6.16 Å². The molecule has 0 radical (unpaired) electrons. The minimum absolute atomic E-state index is 0.00282. The van der Waals surface area contributed by atoms with E-state index in [9.17, 15) is 45.3 Å². The van der Waals surface area contributed by atoms with Crippen LogP contribution in [0, 0.1) is 0 Å². The van der Waals surface area contributed by atoms with E-state index in [4.69, 9.17) is 33.0 Å². The Kier molecular flexibility index (Phi) is 12.0. The van der Waals surface area contributed by atoms with Gasteiger partial charge in [0.25, 0.3) is 0 Å². The van der Waals surface area contributed by atoms with Crippen LogP contribution in [0.15, 0.2) is 72.6 Å². The number of hydrogen-bond donors (Lipinski definition) is 2. The summed E-state index contributed by atoms with van der Waals surface area (Å²) in [5.41, 5.74) is -3.60. The lowest BCUT2D eigenvalue weighted by molar-refractivity contribution is -0.143. The van der Waals surface area contributed by atoms with Crippen molar-refractivity contribution in [1.29, 1.82) is 0 Å². The molecule has 0 amide bonds. The van der Waals surface area contributed by atoms with E-state index in [0.29, 0.717) is 38.4 Å². The van der Waals surface area contributed by atoms with Crippen molar-refractivity contribution in [3.05, 3.63) is 105 Å². The summed E-state index contributed by atoms with van der Waals surface area (Å²) in [6.45, 7) is 0. The van der Waals surface area contributed by atoms with Crippen LogP contribution in [-0.2, 0) is 21.7 Å². The zero-order valence-corrected chi connectivity index (χ0v) is 27.8. The number of hydrogen-bond acceptors (Lipinski definition) is 6. The van der Waals surface area contributed by atoms with Gasteiger partial charge in [-0.05, 0) is 73.4 Å². The molecule has 0 bridgehead atoms. The molecule has 1 aliphatic rings. The summed E-state index contributed by atoms with van der Waals surface area (Å²) < 4.78 is 92.8. The van der Waals surface area contributed by atoms with Crippen molar-refractivity contribution in [3.63, 3.8) is 0 Å². The molecule has 19 heteroatoms. The average Bonchev–Trinajstić information content (AvgIpc) is 3.62. The van der Waals surface area contributed by atoms with Gasteiger partial charge in [0, 0.05) is 22.9 Å². The van der Waals surface area contributed by atoms with Crippen LogP contribution in [-0.4, -0.2) is 52.9 Å². The molecule has 2 aromatic carbocycles. The Morgan fingerprint density at radius 3 is 1.62 bits per heavy atom. The summed E-state index contributed by atoms with van der Waals surface area (Å²) in [7, 11) is -4.80. The van der Waals surface area contributed by atoms with Crippen LogP contribution in [0.2, 0.25) is 10.0 Å². The van der Waals surface area contributed by atoms with Crippen LogP contribution in [0.25, 0.3) is 11.4 Å². The number of benzene rings is 2. The maximum absolute atomic E-state index is 13.7. The third-order valence-corrected chi connectivity index (χ3v) is 8.33. The van der Waals surface area contributed by atoms with Gasteiger partial charge < -0.3 is 9.79 Å². The standard InChI is InChI=1S/C19H16ClF3N2O2.C12H9ClF3N2O4P/c20-13-6-8-14(9-7-13)25-18(19(21,22)23)15(11-24-25)17(27)10-12-4-2-1-3-5-16(12)26;13-7-1-3-8(4-2-7)18-11(12(14,15)16)9(5-17-18)10(19)6-23(20,21)22/h4,6-9,11H,1-3,5,10H2;1-5H,6H2,(H2,20,21,22). The van der Waals surface area contributed by atoms with E-state index in [0.717, 1.165) is 19.0 Å². The second-order valence-corrected chi connectivity index (χ2v) is 13.3. The Hall–Kier alpha value is -4.08.